The molecule has 0 aromatic heterocycles. The van der Waals surface area contributed by atoms with Crippen LogP contribution in [0.5, 0.6) is 0 Å². The quantitative estimate of drug-likeness (QED) is 0.634. The molecule has 76 valence electrons. The maximum absolute atomic E-state index is 11.3. The summed E-state index contributed by atoms with van der Waals surface area (Å²) in [6.45, 7) is 3.71. The lowest BCUT2D eigenvalue weighted by atomic mass is 10.2. The normalized spacial score (nSPS) is 10.3. The molecule has 0 heterocycles. The third-order valence-electron chi connectivity index (χ3n) is 1.63. The molecule has 0 aliphatic rings. The second kappa shape index (κ2) is 5.34. The Morgan fingerprint density at radius 1 is 1.36 bits per heavy atom. The molecule has 0 aliphatic heterocycles. The van der Waals surface area contributed by atoms with E-state index in [0.717, 1.165) is 5.56 Å². The number of carbonyl (C=O) groups is 1. The first-order chi connectivity index (χ1) is 6.58. The van der Waals surface area contributed by atoms with Crippen molar-refractivity contribution >= 4 is 28.6 Å². The van der Waals surface area contributed by atoms with E-state index in [-0.39, 0.29) is 12.1 Å². The van der Waals surface area contributed by atoms with Gasteiger partial charge in [-0.15, -0.1) is 0 Å². The number of hydrogen-bond acceptors (Lipinski definition) is 2. The van der Waals surface area contributed by atoms with Crippen molar-refractivity contribution in [1.29, 1.82) is 0 Å². The standard InChI is InChI=1S/C11H13IO2/c1-8(2)14-11(13)7-9-3-5-10(12)6-4-9/h3-6,8H,7H2,1-2H3. The van der Waals surface area contributed by atoms with E-state index < -0.39 is 0 Å². The highest BCUT2D eigenvalue weighted by Gasteiger charge is 2.06. The molecule has 1 aromatic rings. The van der Waals surface area contributed by atoms with Gasteiger partial charge in [0, 0.05) is 3.57 Å². The summed E-state index contributed by atoms with van der Waals surface area (Å²) in [5.41, 5.74) is 0.996. The van der Waals surface area contributed by atoms with Crippen LogP contribution >= 0.6 is 22.6 Å². The lowest BCUT2D eigenvalue weighted by molar-refractivity contribution is -0.146. The van der Waals surface area contributed by atoms with Gasteiger partial charge in [-0.05, 0) is 54.1 Å². The topological polar surface area (TPSA) is 26.3 Å². The van der Waals surface area contributed by atoms with Crippen LogP contribution in [0.25, 0.3) is 0 Å². The number of hydrogen-bond donors (Lipinski definition) is 0. The van der Waals surface area contributed by atoms with Crippen molar-refractivity contribution in [2.45, 2.75) is 26.4 Å². The van der Waals surface area contributed by atoms with Crippen molar-refractivity contribution in [3.05, 3.63) is 33.4 Å². The summed E-state index contributed by atoms with van der Waals surface area (Å²) in [7, 11) is 0. The van der Waals surface area contributed by atoms with Crippen molar-refractivity contribution in [2.75, 3.05) is 0 Å². The molecule has 0 spiro atoms. The van der Waals surface area contributed by atoms with Gasteiger partial charge >= 0.3 is 5.97 Å². The first kappa shape index (κ1) is 11.5. The zero-order valence-electron chi connectivity index (χ0n) is 8.29. The predicted octanol–water partition coefficient (Wildman–Crippen LogP) is 2.79. The fourth-order valence-corrected chi connectivity index (χ4v) is 1.43. The maximum atomic E-state index is 11.3. The zero-order valence-corrected chi connectivity index (χ0v) is 10.4. The first-order valence-corrected chi connectivity index (χ1v) is 5.59. The SMILES string of the molecule is CC(C)OC(=O)Cc1ccc(I)cc1. The highest BCUT2D eigenvalue weighted by atomic mass is 127. The van der Waals surface area contributed by atoms with Crippen molar-refractivity contribution in [2.24, 2.45) is 0 Å². The molecule has 0 N–H and O–H groups in total. The maximum Gasteiger partial charge on any atom is 0.310 e. The second-order valence-corrected chi connectivity index (χ2v) is 4.59. The molecule has 2 nitrogen and oxygen atoms in total. The largest absolute Gasteiger partial charge is 0.463 e. The van der Waals surface area contributed by atoms with Crippen molar-refractivity contribution < 1.29 is 9.53 Å². The number of benzene rings is 1. The molecule has 0 saturated heterocycles. The lowest BCUT2D eigenvalue weighted by Crippen LogP contribution is -2.13. The van der Waals surface area contributed by atoms with Crippen LogP contribution in [0, 0.1) is 3.57 Å². The molecule has 0 aliphatic carbocycles. The molecule has 1 aromatic carbocycles. The van der Waals surface area contributed by atoms with Gasteiger partial charge in [-0.3, -0.25) is 4.79 Å². The van der Waals surface area contributed by atoms with Crippen LogP contribution in [0.3, 0.4) is 0 Å². The van der Waals surface area contributed by atoms with Gasteiger partial charge in [-0.2, -0.15) is 0 Å². The Morgan fingerprint density at radius 3 is 2.43 bits per heavy atom. The van der Waals surface area contributed by atoms with Crippen LogP contribution in [0.1, 0.15) is 19.4 Å². The van der Waals surface area contributed by atoms with Gasteiger partial charge in [0.25, 0.3) is 0 Å². The van der Waals surface area contributed by atoms with Gasteiger partial charge in [0.1, 0.15) is 0 Å². The third kappa shape index (κ3) is 4.09. The van der Waals surface area contributed by atoms with Gasteiger partial charge in [0.05, 0.1) is 12.5 Å². The summed E-state index contributed by atoms with van der Waals surface area (Å²) < 4.78 is 6.21. The Labute approximate surface area is 97.8 Å². The fourth-order valence-electron chi connectivity index (χ4n) is 1.07. The summed E-state index contributed by atoms with van der Waals surface area (Å²) in [6.07, 6.45) is 0.320. The van der Waals surface area contributed by atoms with Crippen LogP contribution in [-0.2, 0) is 16.0 Å². The second-order valence-electron chi connectivity index (χ2n) is 3.34. The highest BCUT2D eigenvalue weighted by molar-refractivity contribution is 14.1. The zero-order chi connectivity index (χ0) is 10.6. The molecule has 0 bridgehead atoms. The summed E-state index contributed by atoms with van der Waals surface area (Å²) in [5, 5.41) is 0. The number of carbonyl (C=O) groups excluding carboxylic acids is 1. The molecule has 0 fully saturated rings. The molecule has 0 amide bonds. The van der Waals surface area contributed by atoms with Gasteiger partial charge in [-0.25, -0.2) is 0 Å². The lowest BCUT2D eigenvalue weighted by Gasteiger charge is -2.07. The Kier molecular flexibility index (Phi) is 4.38. The summed E-state index contributed by atoms with van der Waals surface area (Å²) in [5.74, 6) is -0.166. The minimum Gasteiger partial charge on any atom is -0.463 e. The van der Waals surface area contributed by atoms with Crippen LogP contribution < -0.4 is 0 Å². The van der Waals surface area contributed by atoms with E-state index in [4.69, 9.17) is 4.74 Å². The molecular formula is C11H13IO2. The minimum absolute atomic E-state index is 0.0358. The van der Waals surface area contributed by atoms with E-state index in [1.165, 1.54) is 3.57 Å². The van der Waals surface area contributed by atoms with Crippen LogP contribution in [-0.4, -0.2) is 12.1 Å². The molecule has 1 rings (SSSR count). The highest BCUT2D eigenvalue weighted by Crippen LogP contribution is 2.08. The Balaban J connectivity index is 2.52. The monoisotopic (exact) mass is 304 g/mol. The van der Waals surface area contributed by atoms with E-state index in [1.807, 2.05) is 38.1 Å². The number of halogens is 1. The van der Waals surface area contributed by atoms with Gasteiger partial charge in [0.2, 0.25) is 0 Å². The van der Waals surface area contributed by atoms with E-state index in [1.54, 1.807) is 0 Å². The van der Waals surface area contributed by atoms with Gasteiger partial charge < -0.3 is 4.74 Å². The predicted molar refractivity (Wildman–Crippen MR) is 64.1 cm³/mol. The van der Waals surface area contributed by atoms with Crippen molar-refractivity contribution in [1.82, 2.24) is 0 Å². The van der Waals surface area contributed by atoms with Gasteiger partial charge in [0.15, 0.2) is 0 Å². The Hall–Kier alpha value is -0.580. The summed E-state index contributed by atoms with van der Waals surface area (Å²) >= 11 is 2.23. The molecule has 0 atom stereocenters. The minimum atomic E-state index is -0.166. The van der Waals surface area contributed by atoms with E-state index in [9.17, 15) is 4.79 Å². The van der Waals surface area contributed by atoms with Crippen LogP contribution in [0.2, 0.25) is 0 Å². The smallest absolute Gasteiger partial charge is 0.310 e. The fraction of sp³-hybridized carbons (Fsp3) is 0.364. The molecular weight excluding hydrogens is 291 g/mol. The molecule has 0 radical (unpaired) electrons. The molecule has 14 heavy (non-hydrogen) atoms. The Bertz CT molecular complexity index is 304. The van der Waals surface area contributed by atoms with E-state index in [0.29, 0.717) is 6.42 Å². The average Bonchev–Trinajstić information content (AvgIpc) is 2.07. The van der Waals surface area contributed by atoms with Crippen LogP contribution in [0.15, 0.2) is 24.3 Å². The number of ether oxygens (including phenoxy) is 1. The average molecular weight is 304 g/mol. The number of rotatable bonds is 3. The molecule has 0 saturated carbocycles. The third-order valence-corrected chi connectivity index (χ3v) is 2.35. The van der Waals surface area contributed by atoms with Crippen molar-refractivity contribution in [3.8, 4) is 0 Å². The summed E-state index contributed by atoms with van der Waals surface area (Å²) in [6, 6.07) is 7.86. The van der Waals surface area contributed by atoms with Crippen LogP contribution in [0.4, 0.5) is 0 Å². The van der Waals surface area contributed by atoms with Crippen molar-refractivity contribution in [3.63, 3.8) is 0 Å². The molecule has 3 heteroatoms. The summed E-state index contributed by atoms with van der Waals surface area (Å²) in [4.78, 5) is 11.3. The van der Waals surface area contributed by atoms with E-state index in [2.05, 4.69) is 22.6 Å². The van der Waals surface area contributed by atoms with Gasteiger partial charge in [-0.1, -0.05) is 12.1 Å². The Morgan fingerprint density at radius 2 is 1.93 bits per heavy atom. The van der Waals surface area contributed by atoms with E-state index >= 15 is 0 Å². The molecule has 0 unspecified atom stereocenters. The number of esters is 1. The first-order valence-electron chi connectivity index (χ1n) is 4.52.